The maximum absolute atomic E-state index is 14.9. The number of halogens is 3. The van der Waals surface area contributed by atoms with E-state index in [1.807, 2.05) is 19.9 Å². The topological polar surface area (TPSA) is 204 Å². The van der Waals surface area contributed by atoms with Gasteiger partial charge < -0.3 is 34.5 Å². The van der Waals surface area contributed by atoms with Gasteiger partial charge in [0.2, 0.25) is 21.8 Å². The third-order valence-corrected chi connectivity index (χ3v) is 14.3. The van der Waals surface area contributed by atoms with E-state index in [9.17, 15) is 40.8 Å². The van der Waals surface area contributed by atoms with Crippen molar-refractivity contribution in [3.8, 4) is 17.2 Å². The van der Waals surface area contributed by atoms with Crippen LogP contribution in [0.5, 0.6) is 17.2 Å². The van der Waals surface area contributed by atoms with Crippen molar-refractivity contribution < 1.29 is 59.7 Å². The number of hydrogen-bond acceptors (Lipinski definition) is 12. The first-order valence-electron chi connectivity index (χ1n) is 23.1. The van der Waals surface area contributed by atoms with Crippen LogP contribution in [-0.4, -0.2) is 102 Å². The van der Waals surface area contributed by atoms with Gasteiger partial charge in [-0.2, -0.15) is 13.2 Å². The Kier molecular flexibility index (Phi) is 16.7. The number of ether oxygens (including phenoxy) is 4. The van der Waals surface area contributed by atoms with E-state index in [2.05, 4.69) is 32.2 Å². The highest BCUT2D eigenvalue weighted by Gasteiger charge is 2.56. The number of hydrogen-bond donors (Lipinski definition) is 3. The molecule has 4 unspecified atom stereocenters. The van der Waals surface area contributed by atoms with Gasteiger partial charge >= 0.3 is 12.3 Å². The lowest BCUT2D eigenvalue weighted by Gasteiger charge is -2.42. The number of amides is 4. The molecule has 16 nitrogen and oxygen atoms in total. The number of carbonyl (C=O) groups is 4. The molecular weight excluding hydrogens is 910 g/mol. The second-order valence-corrected chi connectivity index (χ2v) is 20.2. The minimum atomic E-state index is -4.99. The molecule has 2 aromatic heterocycles. The minimum absolute atomic E-state index is 0.00919. The lowest BCUT2D eigenvalue weighted by atomic mass is 9.73. The van der Waals surface area contributed by atoms with Gasteiger partial charge in [-0.3, -0.25) is 24.1 Å². The summed E-state index contributed by atoms with van der Waals surface area (Å²) in [5, 5.41) is 5.42. The summed E-state index contributed by atoms with van der Waals surface area (Å²) in [6.07, 6.45) is 7.02. The fourth-order valence-corrected chi connectivity index (χ4v) is 9.18. The van der Waals surface area contributed by atoms with Crippen LogP contribution in [-0.2, 0) is 41.7 Å². The van der Waals surface area contributed by atoms with Crippen molar-refractivity contribution in [1.82, 2.24) is 30.2 Å². The van der Waals surface area contributed by atoms with E-state index in [0.29, 0.717) is 49.2 Å². The summed E-state index contributed by atoms with van der Waals surface area (Å²) in [5.74, 6) is -3.08. The minimum Gasteiger partial charge on any atom is -0.493 e. The number of allylic oxidation sites excluding steroid dienone is 1. The monoisotopic (exact) mass is 970 g/mol. The number of pyridine rings is 2. The second-order valence-electron chi connectivity index (χ2n) is 18.0. The maximum atomic E-state index is 14.9. The van der Waals surface area contributed by atoms with Crippen LogP contribution >= 0.6 is 0 Å². The van der Waals surface area contributed by atoms with Gasteiger partial charge in [0.05, 0.1) is 36.6 Å². The molecule has 1 saturated heterocycles. The Labute approximate surface area is 394 Å². The molecule has 0 bridgehead atoms. The number of aryl methyl sites for hydroxylation is 1. The van der Waals surface area contributed by atoms with Gasteiger partial charge in [-0.25, -0.2) is 18.2 Å². The van der Waals surface area contributed by atoms with Crippen LogP contribution in [0.1, 0.15) is 97.2 Å². The van der Waals surface area contributed by atoms with Crippen molar-refractivity contribution in [1.29, 1.82) is 0 Å². The molecular formula is C48H61F3N6O10S. The van der Waals surface area contributed by atoms with Gasteiger partial charge in [-0.15, -0.1) is 0 Å². The van der Waals surface area contributed by atoms with E-state index in [1.54, 1.807) is 49.7 Å². The standard InChI is InChI=1S/C48H61F3N6O10S/c1-6-8-9-10-11-13-32-16-19-47(32,44(60)56-68(62,63)46(5)20-21-46)55-43(59)39-27-35(29-57(39)40(58)28-53-45(61)66-30-31(3)4)67-41-36(7-2)37-26-34(14-15-38(37)54-42(41)48(49,50)51)65-25-12-24-64-33-17-22-52-23-18-33/h11,13-19,22-23,26,31-32,35,39H,6-10,12,20-21,24-25,27-30H2,1-5H3,(H,53,61)(H,55,59)(H,56,60). The maximum Gasteiger partial charge on any atom is 0.437 e. The average molecular weight is 971 g/mol. The number of fused-ring (bicyclic) bond motifs is 1. The van der Waals surface area contributed by atoms with Gasteiger partial charge in [0.1, 0.15) is 35.7 Å². The molecule has 3 aliphatic rings. The molecule has 2 fully saturated rings. The number of carbonyl (C=O) groups excluding carboxylic acids is 4. The third-order valence-electron chi connectivity index (χ3n) is 12.2. The number of likely N-dealkylation sites (tertiary alicyclic amines) is 1. The van der Waals surface area contributed by atoms with E-state index in [4.69, 9.17) is 18.9 Å². The smallest absolute Gasteiger partial charge is 0.437 e. The van der Waals surface area contributed by atoms with Crippen molar-refractivity contribution in [2.24, 2.45) is 11.8 Å². The normalized spacial score (nSPS) is 20.8. The lowest BCUT2D eigenvalue weighted by molar-refractivity contribution is -0.143. The number of rotatable bonds is 23. The summed E-state index contributed by atoms with van der Waals surface area (Å²) < 4.78 is 95.5. The number of nitrogens with one attached hydrogen (secondary N) is 3. The summed E-state index contributed by atoms with van der Waals surface area (Å²) in [7, 11) is -4.17. The molecule has 4 amide bonds. The Morgan fingerprint density at radius 1 is 1.00 bits per heavy atom. The molecule has 3 aromatic rings. The predicted octanol–water partition coefficient (Wildman–Crippen LogP) is 6.97. The number of alkyl carbamates (subject to hydrolysis) is 1. The molecule has 1 aliphatic heterocycles. The fourth-order valence-electron chi connectivity index (χ4n) is 7.88. The van der Waals surface area contributed by atoms with Gasteiger partial charge in [-0.1, -0.05) is 64.8 Å². The van der Waals surface area contributed by atoms with Crippen LogP contribution in [0.4, 0.5) is 18.0 Å². The molecule has 2 aliphatic carbocycles. The average Bonchev–Trinajstić information content (AvgIpc) is 3.92. The highest BCUT2D eigenvalue weighted by molar-refractivity contribution is 7.91. The Hall–Kier alpha value is -5.92. The number of sulfonamides is 1. The summed E-state index contributed by atoms with van der Waals surface area (Å²) in [6.45, 7) is 8.44. The Bertz CT molecular complexity index is 2470. The zero-order chi connectivity index (χ0) is 49.3. The largest absolute Gasteiger partial charge is 0.493 e. The molecule has 3 heterocycles. The zero-order valence-electron chi connectivity index (χ0n) is 39.0. The van der Waals surface area contributed by atoms with Gasteiger partial charge in [0.15, 0.2) is 11.4 Å². The highest BCUT2D eigenvalue weighted by Crippen LogP contribution is 2.44. The molecule has 4 atom stereocenters. The summed E-state index contributed by atoms with van der Waals surface area (Å²) in [4.78, 5) is 64.2. The summed E-state index contributed by atoms with van der Waals surface area (Å²) in [6, 6.07) is 6.52. The summed E-state index contributed by atoms with van der Waals surface area (Å²) >= 11 is 0. The zero-order valence-corrected chi connectivity index (χ0v) is 39.8. The van der Waals surface area contributed by atoms with Crippen molar-refractivity contribution >= 4 is 44.7 Å². The molecule has 6 rings (SSSR count). The number of nitrogens with zero attached hydrogens (tertiary/aromatic N) is 3. The van der Waals surface area contributed by atoms with Crippen LogP contribution in [0, 0.1) is 11.8 Å². The first-order chi connectivity index (χ1) is 32.3. The first kappa shape index (κ1) is 51.5. The van der Waals surface area contributed by atoms with Crippen LogP contribution in [0.2, 0.25) is 0 Å². The van der Waals surface area contributed by atoms with Crippen LogP contribution in [0.3, 0.4) is 0 Å². The SMILES string of the molecule is CCCCCC=CC1C=CC1(NC(=O)C1CC(Oc2c(C(F)(F)F)nc3ccc(OCCCOc4ccncc4)cc3c2CC)CN1C(=O)CNC(=O)OCC(C)C)C(=O)NS(=O)(=O)C1(C)CC1. The highest BCUT2D eigenvalue weighted by atomic mass is 32.2. The van der Waals surface area contributed by atoms with Crippen molar-refractivity contribution in [2.75, 3.05) is 32.9 Å². The molecule has 68 heavy (non-hydrogen) atoms. The molecule has 0 radical (unpaired) electrons. The van der Waals surface area contributed by atoms with E-state index < -0.39 is 92.9 Å². The molecule has 20 heteroatoms. The van der Waals surface area contributed by atoms with Gasteiger partial charge in [-0.05, 0) is 75.3 Å². The molecule has 1 aromatic carbocycles. The molecule has 3 N–H and O–H groups in total. The van der Waals surface area contributed by atoms with Gasteiger partial charge in [0.25, 0.3) is 5.91 Å². The number of alkyl halides is 3. The Morgan fingerprint density at radius 2 is 1.72 bits per heavy atom. The van der Waals surface area contributed by atoms with E-state index in [-0.39, 0.29) is 43.1 Å². The van der Waals surface area contributed by atoms with Crippen LogP contribution < -0.4 is 29.6 Å². The van der Waals surface area contributed by atoms with E-state index in [1.165, 1.54) is 25.1 Å². The van der Waals surface area contributed by atoms with Crippen LogP contribution in [0.15, 0.2) is 67.0 Å². The Balaban J connectivity index is 1.28. The van der Waals surface area contributed by atoms with E-state index in [0.717, 1.165) is 24.2 Å². The molecule has 0 spiro atoms. The summed E-state index contributed by atoms with van der Waals surface area (Å²) in [5.41, 5.74) is -3.02. The quantitative estimate of drug-likeness (QED) is 0.0652. The fraction of sp³-hybridized carbons (Fsp3) is 0.542. The molecule has 370 valence electrons. The number of benzene rings is 1. The van der Waals surface area contributed by atoms with Crippen LogP contribution in [0.25, 0.3) is 10.9 Å². The lowest BCUT2D eigenvalue weighted by Crippen LogP contribution is -2.67. The molecule has 1 saturated carbocycles. The third kappa shape index (κ3) is 12.4. The predicted molar refractivity (Wildman–Crippen MR) is 246 cm³/mol. The number of unbranched alkanes of at least 4 members (excludes halogenated alkanes) is 3. The first-order valence-corrected chi connectivity index (χ1v) is 24.6. The van der Waals surface area contributed by atoms with Gasteiger partial charge in [0, 0.05) is 42.1 Å². The van der Waals surface area contributed by atoms with Crippen molar-refractivity contribution in [3.05, 3.63) is 78.3 Å². The second kappa shape index (κ2) is 22.0. The van der Waals surface area contributed by atoms with E-state index >= 15 is 0 Å². The van der Waals surface area contributed by atoms with Crippen molar-refractivity contribution in [2.45, 2.75) is 121 Å². The Morgan fingerprint density at radius 3 is 2.35 bits per heavy atom. The van der Waals surface area contributed by atoms with Crippen molar-refractivity contribution in [3.63, 3.8) is 0 Å². The number of aromatic nitrogens is 2.